The Morgan fingerprint density at radius 2 is 1.84 bits per heavy atom. The Morgan fingerprint density at radius 1 is 1.04 bits per heavy atom. The summed E-state index contributed by atoms with van der Waals surface area (Å²) in [5.74, 6) is 1.52. The smallest absolute Gasteiger partial charge is 0.231 e. The fourth-order valence-corrected chi connectivity index (χ4v) is 3.28. The minimum absolute atomic E-state index is 0.272. The summed E-state index contributed by atoms with van der Waals surface area (Å²) < 4.78 is 12.6. The van der Waals surface area contributed by atoms with Gasteiger partial charge in [0.1, 0.15) is 0 Å². The molecule has 0 saturated carbocycles. The predicted molar refractivity (Wildman–Crippen MR) is 99.0 cm³/mol. The summed E-state index contributed by atoms with van der Waals surface area (Å²) in [4.78, 5) is 5.53. The Labute approximate surface area is 149 Å². The van der Waals surface area contributed by atoms with Crippen molar-refractivity contribution in [1.82, 2.24) is 4.68 Å². The Hall–Kier alpha value is -2.86. The van der Waals surface area contributed by atoms with Crippen LogP contribution in [-0.2, 0) is 0 Å². The molecular formula is C19H17N3O2S. The zero-order valence-corrected chi connectivity index (χ0v) is 14.8. The van der Waals surface area contributed by atoms with Crippen molar-refractivity contribution in [3.63, 3.8) is 0 Å². The number of hydrogen-bond donors (Lipinski definition) is 0. The maximum absolute atomic E-state index is 5.41. The normalized spacial score (nSPS) is 13.8. The van der Waals surface area contributed by atoms with Gasteiger partial charge in [-0.3, -0.25) is 0 Å². The van der Waals surface area contributed by atoms with Crippen LogP contribution in [0.1, 0.15) is 16.8 Å². The average Bonchev–Trinajstić information content (AvgIpc) is 3.21. The molecule has 1 aliphatic rings. The summed E-state index contributed by atoms with van der Waals surface area (Å²) >= 11 is 1.57. The minimum atomic E-state index is 0.272. The molecule has 0 saturated heterocycles. The highest BCUT2D eigenvalue weighted by Gasteiger charge is 2.12. The van der Waals surface area contributed by atoms with Crippen LogP contribution in [0.15, 0.2) is 57.9 Å². The standard InChI is InChI=1S/C19H17N3O2S/c1-13-3-6-16(7-4-13)21-19-22(14(2)11-25-19)20-10-15-5-8-17-18(9-15)24-12-23-17/h3-11H,12H2,1-2H3. The van der Waals surface area contributed by atoms with E-state index in [1.807, 2.05) is 47.3 Å². The Kier molecular flexibility index (Phi) is 4.11. The maximum Gasteiger partial charge on any atom is 0.231 e. The second-order valence-electron chi connectivity index (χ2n) is 5.78. The molecule has 0 spiro atoms. The van der Waals surface area contributed by atoms with E-state index in [2.05, 4.69) is 24.2 Å². The van der Waals surface area contributed by atoms with Crippen molar-refractivity contribution >= 4 is 23.2 Å². The molecule has 0 aliphatic carbocycles. The van der Waals surface area contributed by atoms with Gasteiger partial charge in [-0.05, 0) is 49.7 Å². The fourth-order valence-electron chi connectivity index (χ4n) is 2.45. The van der Waals surface area contributed by atoms with Gasteiger partial charge in [-0.1, -0.05) is 17.7 Å². The van der Waals surface area contributed by atoms with Gasteiger partial charge in [-0.25, -0.2) is 9.67 Å². The topological polar surface area (TPSA) is 48.1 Å². The van der Waals surface area contributed by atoms with Crippen LogP contribution in [0.2, 0.25) is 0 Å². The highest BCUT2D eigenvalue weighted by Crippen LogP contribution is 2.32. The number of aromatic nitrogens is 1. The van der Waals surface area contributed by atoms with Crippen LogP contribution in [0, 0.1) is 13.8 Å². The van der Waals surface area contributed by atoms with E-state index >= 15 is 0 Å². The number of thiazole rings is 1. The molecule has 0 bridgehead atoms. The number of ether oxygens (including phenoxy) is 2. The highest BCUT2D eigenvalue weighted by molar-refractivity contribution is 7.07. The third kappa shape index (κ3) is 3.34. The van der Waals surface area contributed by atoms with E-state index in [0.717, 1.165) is 33.2 Å². The summed E-state index contributed by atoms with van der Waals surface area (Å²) in [7, 11) is 0. The van der Waals surface area contributed by atoms with Crippen LogP contribution in [0.5, 0.6) is 11.5 Å². The second-order valence-corrected chi connectivity index (χ2v) is 6.61. The average molecular weight is 351 g/mol. The SMILES string of the molecule is Cc1ccc(N=c2scc(C)n2N=Cc2ccc3c(c2)OCO3)cc1. The summed E-state index contributed by atoms with van der Waals surface area (Å²) in [5, 5.41) is 6.63. The molecule has 0 amide bonds. The maximum atomic E-state index is 5.41. The lowest BCUT2D eigenvalue weighted by molar-refractivity contribution is 0.174. The first kappa shape index (κ1) is 15.7. The number of hydrogen-bond acceptors (Lipinski definition) is 5. The Morgan fingerprint density at radius 3 is 2.68 bits per heavy atom. The predicted octanol–water partition coefficient (Wildman–Crippen LogP) is 4.01. The molecule has 0 radical (unpaired) electrons. The van der Waals surface area contributed by atoms with Gasteiger partial charge in [-0.15, -0.1) is 11.3 Å². The number of rotatable bonds is 3. The van der Waals surface area contributed by atoms with E-state index in [4.69, 9.17) is 14.5 Å². The molecule has 2 aromatic carbocycles. The van der Waals surface area contributed by atoms with Gasteiger partial charge in [-0.2, -0.15) is 5.10 Å². The van der Waals surface area contributed by atoms with Crippen LogP contribution < -0.4 is 14.3 Å². The lowest BCUT2D eigenvalue weighted by Gasteiger charge is -2.00. The van der Waals surface area contributed by atoms with Crippen molar-refractivity contribution in [3.8, 4) is 11.5 Å². The third-order valence-electron chi connectivity index (χ3n) is 3.83. The molecule has 0 fully saturated rings. The largest absolute Gasteiger partial charge is 0.454 e. The molecule has 126 valence electrons. The molecule has 5 nitrogen and oxygen atoms in total. The van der Waals surface area contributed by atoms with Crippen LogP contribution >= 0.6 is 11.3 Å². The van der Waals surface area contributed by atoms with Gasteiger partial charge in [0.15, 0.2) is 11.5 Å². The molecule has 0 N–H and O–H groups in total. The number of nitrogens with zero attached hydrogens (tertiary/aromatic N) is 3. The van der Waals surface area contributed by atoms with E-state index in [-0.39, 0.29) is 6.79 Å². The van der Waals surface area contributed by atoms with Crippen molar-refractivity contribution in [3.05, 3.63) is 69.5 Å². The van der Waals surface area contributed by atoms with Crippen LogP contribution in [0.4, 0.5) is 5.69 Å². The van der Waals surface area contributed by atoms with Gasteiger partial charge in [0.2, 0.25) is 11.6 Å². The van der Waals surface area contributed by atoms with Gasteiger partial charge in [0, 0.05) is 5.38 Å². The van der Waals surface area contributed by atoms with Gasteiger partial charge in [0.05, 0.1) is 17.6 Å². The molecule has 25 heavy (non-hydrogen) atoms. The molecule has 0 unspecified atom stereocenters. The summed E-state index contributed by atoms with van der Waals surface area (Å²) in [5.41, 5.74) is 4.12. The highest BCUT2D eigenvalue weighted by atomic mass is 32.1. The lowest BCUT2D eigenvalue weighted by Crippen LogP contribution is -2.11. The minimum Gasteiger partial charge on any atom is -0.454 e. The molecule has 0 atom stereocenters. The van der Waals surface area contributed by atoms with E-state index in [0.29, 0.717) is 0 Å². The monoisotopic (exact) mass is 351 g/mol. The van der Waals surface area contributed by atoms with Gasteiger partial charge >= 0.3 is 0 Å². The summed E-state index contributed by atoms with van der Waals surface area (Å²) in [6.45, 7) is 4.35. The third-order valence-corrected chi connectivity index (χ3v) is 4.76. The first-order valence-corrected chi connectivity index (χ1v) is 8.79. The quantitative estimate of drug-likeness (QED) is 0.670. The molecule has 4 rings (SSSR count). The van der Waals surface area contributed by atoms with Crippen molar-refractivity contribution in [2.24, 2.45) is 10.1 Å². The van der Waals surface area contributed by atoms with Crippen LogP contribution in [0.3, 0.4) is 0 Å². The van der Waals surface area contributed by atoms with E-state index in [9.17, 15) is 0 Å². The van der Waals surface area contributed by atoms with E-state index < -0.39 is 0 Å². The lowest BCUT2D eigenvalue weighted by atomic mass is 10.2. The molecule has 1 aromatic heterocycles. The van der Waals surface area contributed by atoms with Crippen molar-refractivity contribution in [2.75, 3.05) is 6.79 Å². The molecule has 1 aliphatic heterocycles. The first-order valence-electron chi connectivity index (χ1n) is 7.91. The van der Waals surface area contributed by atoms with Crippen molar-refractivity contribution in [2.45, 2.75) is 13.8 Å². The molecule has 6 heteroatoms. The molecular weight excluding hydrogens is 334 g/mol. The fraction of sp³-hybridized carbons (Fsp3) is 0.158. The molecule has 2 heterocycles. The number of benzene rings is 2. The van der Waals surface area contributed by atoms with Crippen molar-refractivity contribution < 1.29 is 9.47 Å². The van der Waals surface area contributed by atoms with Gasteiger partial charge < -0.3 is 9.47 Å². The summed E-state index contributed by atoms with van der Waals surface area (Å²) in [6.07, 6.45) is 1.80. The van der Waals surface area contributed by atoms with E-state index in [1.54, 1.807) is 17.6 Å². The van der Waals surface area contributed by atoms with Crippen LogP contribution in [-0.4, -0.2) is 17.7 Å². The van der Waals surface area contributed by atoms with Crippen molar-refractivity contribution in [1.29, 1.82) is 0 Å². The van der Waals surface area contributed by atoms with Gasteiger partial charge in [0.25, 0.3) is 0 Å². The number of aryl methyl sites for hydroxylation is 2. The van der Waals surface area contributed by atoms with E-state index in [1.165, 1.54) is 5.56 Å². The Balaban J connectivity index is 1.67. The number of fused-ring (bicyclic) bond motifs is 1. The Bertz CT molecular complexity index is 1000. The van der Waals surface area contributed by atoms with Crippen LogP contribution in [0.25, 0.3) is 0 Å². The summed E-state index contributed by atoms with van der Waals surface area (Å²) in [6, 6.07) is 13.9. The zero-order valence-electron chi connectivity index (χ0n) is 14.0. The molecule has 3 aromatic rings. The zero-order chi connectivity index (χ0) is 17.2. The second kappa shape index (κ2) is 6.57. The first-order chi connectivity index (χ1) is 12.2.